The van der Waals surface area contributed by atoms with Crippen molar-refractivity contribution in [2.24, 2.45) is 11.7 Å². The van der Waals surface area contributed by atoms with Gasteiger partial charge in [-0.25, -0.2) is 0 Å². The van der Waals surface area contributed by atoms with Crippen molar-refractivity contribution in [3.8, 4) is 0 Å². The third kappa shape index (κ3) is 4.02. The SMILES string of the molecule is CCC(C(=O)N(C)CCOC)C(N)=S. The fourth-order valence-electron chi connectivity index (χ4n) is 1.10. The lowest BCUT2D eigenvalue weighted by Gasteiger charge is -2.21. The van der Waals surface area contributed by atoms with Crippen LogP contribution in [0.25, 0.3) is 0 Å². The molecule has 1 atom stereocenters. The van der Waals surface area contributed by atoms with E-state index in [0.717, 1.165) is 0 Å². The number of rotatable bonds is 6. The molecule has 1 unspecified atom stereocenters. The molecule has 14 heavy (non-hydrogen) atoms. The molecule has 0 aliphatic carbocycles. The molecule has 0 aliphatic rings. The van der Waals surface area contributed by atoms with E-state index in [1.807, 2.05) is 6.92 Å². The van der Waals surface area contributed by atoms with Crippen LogP contribution in [-0.4, -0.2) is 43.1 Å². The largest absolute Gasteiger partial charge is 0.393 e. The molecule has 5 heteroatoms. The molecule has 4 nitrogen and oxygen atoms in total. The highest BCUT2D eigenvalue weighted by molar-refractivity contribution is 7.80. The third-order valence-electron chi connectivity index (χ3n) is 2.06. The fraction of sp³-hybridized carbons (Fsp3) is 0.778. The number of nitrogens with two attached hydrogens (primary N) is 1. The molecule has 0 heterocycles. The molecule has 0 rings (SSSR count). The zero-order valence-corrected chi connectivity index (χ0v) is 9.76. The lowest BCUT2D eigenvalue weighted by molar-refractivity contribution is -0.132. The molecule has 2 N–H and O–H groups in total. The van der Waals surface area contributed by atoms with E-state index in [4.69, 9.17) is 22.7 Å². The highest BCUT2D eigenvalue weighted by Gasteiger charge is 2.22. The Hall–Kier alpha value is -0.680. The quantitative estimate of drug-likeness (QED) is 0.656. The summed E-state index contributed by atoms with van der Waals surface area (Å²) in [6, 6.07) is 0. The van der Waals surface area contributed by atoms with Crippen LogP contribution in [0.5, 0.6) is 0 Å². The van der Waals surface area contributed by atoms with E-state index in [-0.39, 0.29) is 16.8 Å². The summed E-state index contributed by atoms with van der Waals surface area (Å²) < 4.78 is 4.88. The molecular formula is C9H18N2O2S. The Morgan fingerprint density at radius 1 is 1.64 bits per heavy atom. The average Bonchev–Trinajstić information content (AvgIpc) is 2.14. The second-order valence-corrected chi connectivity index (χ2v) is 3.59. The summed E-state index contributed by atoms with van der Waals surface area (Å²) in [5, 5.41) is 0. The number of carbonyl (C=O) groups excluding carboxylic acids is 1. The highest BCUT2D eigenvalue weighted by Crippen LogP contribution is 2.06. The lowest BCUT2D eigenvalue weighted by atomic mass is 10.1. The monoisotopic (exact) mass is 218 g/mol. The van der Waals surface area contributed by atoms with Crippen molar-refractivity contribution in [3.05, 3.63) is 0 Å². The van der Waals surface area contributed by atoms with Gasteiger partial charge < -0.3 is 15.4 Å². The van der Waals surface area contributed by atoms with Gasteiger partial charge in [-0.15, -0.1) is 0 Å². The maximum atomic E-state index is 11.7. The second-order valence-electron chi connectivity index (χ2n) is 3.12. The predicted octanol–water partition coefficient (Wildman–Crippen LogP) is 0.404. The minimum atomic E-state index is -0.341. The highest BCUT2D eigenvalue weighted by atomic mass is 32.1. The third-order valence-corrected chi connectivity index (χ3v) is 2.34. The van der Waals surface area contributed by atoms with Gasteiger partial charge in [0.25, 0.3) is 0 Å². The Labute approximate surface area is 90.4 Å². The molecule has 0 aromatic heterocycles. The van der Waals surface area contributed by atoms with E-state index in [0.29, 0.717) is 19.6 Å². The number of methoxy groups -OCH3 is 1. The van der Waals surface area contributed by atoms with Gasteiger partial charge in [0.1, 0.15) is 0 Å². The molecule has 0 fully saturated rings. The number of likely N-dealkylation sites (N-methyl/N-ethyl adjacent to an activating group) is 1. The van der Waals surface area contributed by atoms with Crippen LogP contribution in [-0.2, 0) is 9.53 Å². The Balaban J connectivity index is 4.20. The smallest absolute Gasteiger partial charge is 0.232 e. The maximum absolute atomic E-state index is 11.7. The van der Waals surface area contributed by atoms with E-state index >= 15 is 0 Å². The van der Waals surface area contributed by atoms with Crippen LogP contribution in [0.15, 0.2) is 0 Å². The Morgan fingerprint density at radius 3 is 2.57 bits per heavy atom. The number of nitrogens with zero attached hydrogens (tertiary/aromatic N) is 1. The molecule has 0 saturated heterocycles. The van der Waals surface area contributed by atoms with Gasteiger partial charge in [-0.05, 0) is 6.42 Å². The molecule has 0 aromatic rings. The van der Waals surface area contributed by atoms with Gasteiger partial charge in [0.15, 0.2) is 0 Å². The van der Waals surface area contributed by atoms with Gasteiger partial charge in [-0.2, -0.15) is 0 Å². The van der Waals surface area contributed by atoms with E-state index in [2.05, 4.69) is 0 Å². The molecule has 0 radical (unpaired) electrons. The van der Waals surface area contributed by atoms with Crippen molar-refractivity contribution < 1.29 is 9.53 Å². The first-order valence-corrected chi connectivity index (χ1v) is 4.98. The number of thiocarbonyl (C=S) groups is 1. The predicted molar refractivity (Wildman–Crippen MR) is 60.1 cm³/mol. The zero-order chi connectivity index (χ0) is 11.1. The molecule has 0 aromatic carbocycles. The normalized spacial score (nSPS) is 12.2. The summed E-state index contributed by atoms with van der Waals surface area (Å²) >= 11 is 4.82. The van der Waals surface area contributed by atoms with Crippen molar-refractivity contribution in [2.45, 2.75) is 13.3 Å². The van der Waals surface area contributed by atoms with Gasteiger partial charge in [-0.1, -0.05) is 19.1 Å². The molecule has 0 aliphatic heterocycles. The Morgan fingerprint density at radius 2 is 2.21 bits per heavy atom. The first-order chi connectivity index (χ1) is 6.54. The number of hydrogen-bond donors (Lipinski definition) is 1. The Kier molecular flexibility index (Phi) is 6.40. The maximum Gasteiger partial charge on any atom is 0.232 e. The van der Waals surface area contributed by atoms with E-state index < -0.39 is 0 Å². The second kappa shape index (κ2) is 6.73. The molecule has 0 spiro atoms. The van der Waals surface area contributed by atoms with Crippen LogP contribution in [0.4, 0.5) is 0 Å². The molecule has 82 valence electrons. The minimum Gasteiger partial charge on any atom is -0.393 e. The number of amides is 1. The summed E-state index contributed by atoms with van der Waals surface area (Å²) in [6.45, 7) is 2.98. The molecular weight excluding hydrogens is 200 g/mol. The van der Waals surface area contributed by atoms with Crippen molar-refractivity contribution in [2.75, 3.05) is 27.3 Å². The summed E-state index contributed by atoms with van der Waals surface area (Å²) in [4.78, 5) is 13.6. The van der Waals surface area contributed by atoms with E-state index in [1.165, 1.54) is 0 Å². The zero-order valence-electron chi connectivity index (χ0n) is 8.95. The molecule has 0 saturated carbocycles. The Bertz CT molecular complexity index is 209. The summed E-state index contributed by atoms with van der Waals surface area (Å²) in [6.07, 6.45) is 0.644. The summed E-state index contributed by atoms with van der Waals surface area (Å²) in [5.41, 5.74) is 5.47. The van der Waals surface area contributed by atoms with Crippen molar-refractivity contribution >= 4 is 23.1 Å². The lowest BCUT2D eigenvalue weighted by Crippen LogP contribution is -2.40. The van der Waals surface area contributed by atoms with Crippen molar-refractivity contribution in [1.29, 1.82) is 0 Å². The number of hydrogen-bond acceptors (Lipinski definition) is 3. The van der Waals surface area contributed by atoms with Gasteiger partial charge in [0.2, 0.25) is 5.91 Å². The van der Waals surface area contributed by atoms with Crippen molar-refractivity contribution in [1.82, 2.24) is 4.90 Å². The van der Waals surface area contributed by atoms with Crippen LogP contribution in [0.1, 0.15) is 13.3 Å². The summed E-state index contributed by atoms with van der Waals surface area (Å²) in [5.74, 6) is -0.371. The van der Waals surface area contributed by atoms with Crippen LogP contribution in [0.2, 0.25) is 0 Å². The van der Waals surface area contributed by atoms with Gasteiger partial charge in [0.05, 0.1) is 17.5 Å². The molecule has 1 amide bonds. The van der Waals surface area contributed by atoms with Gasteiger partial charge >= 0.3 is 0 Å². The van der Waals surface area contributed by atoms with Gasteiger partial charge in [-0.3, -0.25) is 4.79 Å². The van der Waals surface area contributed by atoms with E-state index in [1.54, 1.807) is 19.1 Å². The first-order valence-electron chi connectivity index (χ1n) is 4.57. The van der Waals surface area contributed by atoms with Crippen LogP contribution < -0.4 is 5.73 Å². The summed E-state index contributed by atoms with van der Waals surface area (Å²) in [7, 11) is 3.32. The van der Waals surface area contributed by atoms with Crippen LogP contribution in [0.3, 0.4) is 0 Å². The molecule has 0 bridgehead atoms. The minimum absolute atomic E-state index is 0.0305. The number of carbonyl (C=O) groups is 1. The van der Waals surface area contributed by atoms with Gasteiger partial charge in [0, 0.05) is 20.7 Å². The average molecular weight is 218 g/mol. The fourth-order valence-corrected chi connectivity index (χ4v) is 1.37. The standard InChI is InChI=1S/C9H18N2O2S/c1-4-7(8(10)14)9(12)11(2)5-6-13-3/h7H,4-6H2,1-3H3,(H2,10,14). The topological polar surface area (TPSA) is 55.6 Å². The number of ether oxygens (including phenoxy) is 1. The van der Waals surface area contributed by atoms with Crippen LogP contribution >= 0.6 is 12.2 Å². The van der Waals surface area contributed by atoms with Crippen LogP contribution in [0, 0.1) is 5.92 Å². The first kappa shape index (κ1) is 13.3. The van der Waals surface area contributed by atoms with E-state index in [9.17, 15) is 4.79 Å². The van der Waals surface area contributed by atoms with Crippen molar-refractivity contribution in [3.63, 3.8) is 0 Å².